The third-order valence-electron chi connectivity index (χ3n) is 7.68. The van der Waals surface area contributed by atoms with Crippen molar-refractivity contribution in [2.45, 2.75) is 159 Å². The first-order valence-electron chi connectivity index (χ1n) is 14.5. The molecule has 5 heteroatoms. The molecule has 190 valence electrons. The fourth-order valence-electron chi connectivity index (χ4n) is 5.59. The van der Waals surface area contributed by atoms with Crippen molar-refractivity contribution < 1.29 is 14.3 Å². The molecule has 1 saturated heterocycles. The van der Waals surface area contributed by atoms with Crippen molar-refractivity contribution in [1.29, 1.82) is 0 Å². The minimum atomic E-state index is -0.0296. The Kier molecular flexibility index (Phi) is 13.1. The first-order chi connectivity index (χ1) is 16.3. The zero-order valence-electron chi connectivity index (χ0n) is 21.2. The Labute approximate surface area is 202 Å². The van der Waals surface area contributed by atoms with Crippen LogP contribution in [0.25, 0.3) is 0 Å². The van der Waals surface area contributed by atoms with Crippen LogP contribution in [0.4, 0.5) is 0 Å². The number of ether oxygens (including phenoxy) is 2. The standard InChI is InChI=1S/C28H50N2O3/c31-27-22-14-6-4-2-1-3-5-13-20-26(21-15-23-32-27)33-28(29-24-16-9-7-10-17-24)30-25-18-11-8-12-19-25/h24-26H,1-23H2,(H,29,30). The van der Waals surface area contributed by atoms with E-state index in [-0.39, 0.29) is 12.1 Å². The van der Waals surface area contributed by atoms with E-state index in [0.717, 1.165) is 38.1 Å². The molecule has 33 heavy (non-hydrogen) atoms. The second kappa shape index (κ2) is 16.4. The number of carbonyl (C=O) groups is 1. The van der Waals surface area contributed by atoms with E-state index in [1.165, 1.54) is 103 Å². The number of nitrogens with zero attached hydrogens (tertiary/aromatic N) is 1. The molecule has 2 aliphatic carbocycles. The van der Waals surface area contributed by atoms with Crippen LogP contribution in [-0.2, 0) is 14.3 Å². The Hall–Kier alpha value is -1.26. The smallest absolute Gasteiger partial charge is 0.305 e. The van der Waals surface area contributed by atoms with Crippen molar-refractivity contribution in [3.63, 3.8) is 0 Å². The van der Waals surface area contributed by atoms with E-state index in [9.17, 15) is 4.79 Å². The summed E-state index contributed by atoms with van der Waals surface area (Å²) in [6.45, 7) is 0.518. The van der Waals surface area contributed by atoms with Gasteiger partial charge in [0.25, 0.3) is 6.02 Å². The van der Waals surface area contributed by atoms with E-state index in [0.29, 0.717) is 25.1 Å². The van der Waals surface area contributed by atoms with Crippen LogP contribution in [0.5, 0.6) is 0 Å². The number of rotatable bonds is 3. The van der Waals surface area contributed by atoms with Gasteiger partial charge in [0.2, 0.25) is 0 Å². The molecule has 1 aliphatic heterocycles. The summed E-state index contributed by atoms with van der Waals surface area (Å²) in [5.41, 5.74) is 0. The first kappa shape index (κ1) is 26.3. The summed E-state index contributed by atoms with van der Waals surface area (Å²) < 4.78 is 12.1. The van der Waals surface area contributed by atoms with Gasteiger partial charge in [0, 0.05) is 12.5 Å². The van der Waals surface area contributed by atoms with Crippen molar-refractivity contribution in [1.82, 2.24) is 5.32 Å². The van der Waals surface area contributed by atoms with Crippen LogP contribution in [0.2, 0.25) is 0 Å². The molecule has 1 unspecified atom stereocenters. The molecule has 1 N–H and O–H groups in total. The van der Waals surface area contributed by atoms with Gasteiger partial charge in [0.1, 0.15) is 6.10 Å². The van der Waals surface area contributed by atoms with Crippen molar-refractivity contribution in [3.8, 4) is 0 Å². The van der Waals surface area contributed by atoms with Crippen LogP contribution < -0.4 is 5.32 Å². The van der Waals surface area contributed by atoms with Crippen molar-refractivity contribution >= 4 is 12.0 Å². The number of hydrogen-bond acceptors (Lipinski definition) is 4. The maximum atomic E-state index is 12.0. The third-order valence-corrected chi connectivity index (χ3v) is 7.68. The van der Waals surface area contributed by atoms with Gasteiger partial charge in [-0.2, -0.15) is 0 Å². The lowest BCUT2D eigenvalue weighted by Gasteiger charge is -2.28. The average molecular weight is 463 g/mol. The molecule has 3 rings (SSSR count). The number of esters is 1. The zero-order chi connectivity index (χ0) is 23.0. The van der Waals surface area contributed by atoms with Gasteiger partial charge in [-0.3, -0.25) is 4.79 Å². The van der Waals surface area contributed by atoms with Crippen molar-refractivity contribution in [2.75, 3.05) is 6.61 Å². The topological polar surface area (TPSA) is 59.9 Å². The van der Waals surface area contributed by atoms with E-state index in [2.05, 4.69) is 5.32 Å². The second-order valence-corrected chi connectivity index (χ2v) is 10.7. The summed E-state index contributed by atoms with van der Waals surface area (Å²) >= 11 is 0. The lowest BCUT2D eigenvalue weighted by atomic mass is 9.95. The third kappa shape index (κ3) is 11.6. The summed E-state index contributed by atoms with van der Waals surface area (Å²) in [6.07, 6.45) is 26.2. The normalized spacial score (nSPS) is 27.0. The van der Waals surface area contributed by atoms with Crippen LogP contribution in [0.15, 0.2) is 4.99 Å². The molecule has 2 saturated carbocycles. The number of aliphatic imine (C=N–C) groups is 1. The summed E-state index contributed by atoms with van der Waals surface area (Å²) in [5.74, 6) is -0.0296. The molecular formula is C28H50N2O3. The van der Waals surface area contributed by atoms with Crippen LogP contribution in [0.1, 0.15) is 141 Å². The predicted octanol–water partition coefficient (Wildman–Crippen LogP) is 7.22. The second-order valence-electron chi connectivity index (χ2n) is 10.7. The molecule has 1 heterocycles. The molecule has 3 fully saturated rings. The van der Waals surface area contributed by atoms with E-state index in [4.69, 9.17) is 14.5 Å². The molecule has 0 amide bonds. The molecule has 5 nitrogen and oxygen atoms in total. The van der Waals surface area contributed by atoms with Gasteiger partial charge in [0.15, 0.2) is 0 Å². The fourth-order valence-corrected chi connectivity index (χ4v) is 5.59. The summed E-state index contributed by atoms with van der Waals surface area (Å²) in [7, 11) is 0. The molecule has 3 aliphatic rings. The molecule has 1 atom stereocenters. The summed E-state index contributed by atoms with van der Waals surface area (Å²) in [6, 6.07) is 1.73. The SMILES string of the molecule is O=C1CCCCCCCCCCC(OC(=NC2CCCCC2)NC2CCCCC2)CCCO1. The average Bonchev–Trinajstić information content (AvgIpc) is 2.83. The van der Waals surface area contributed by atoms with E-state index in [1.54, 1.807) is 0 Å². The maximum absolute atomic E-state index is 12.0. The van der Waals surface area contributed by atoms with Crippen LogP contribution in [-0.4, -0.2) is 36.8 Å². The van der Waals surface area contributed by atoms with Crippen LogP contribution in [0, 0.1) is 0 Å². The first-order valence-corrected chi connectivity index (χ1v) is 14.5. The Balaban J connectivity index is 1.57. The highest BCUT2D eigenvalue weighted by atomic mass is 16.5. The molecule has 0 aromatic rings. The lowest BCUT2D eigenvalue weighted by Crippen LogP contribution is -2.40. The van der Waals surface area contributed by atoms with Gasteiger partial charge in [-0.05, 0) is 57.8 Å². The quantitative estimate of drug-likeness (QED) is 0.273. The molecule has 0 bridgehead atoms. The van der Waals surface area contributed by atoms with Gasteiger partial charge in [0.05, 0.1) is 12.6 Å². The number of amidine groups is 1. The highest BCUT2D eigenvalue weighted by Crippen LogP contribution is 2.23. The molecular weight excluding hydrogens is 412 g/mol. The Morgan fingerprint density at radius 3 is 1.97 bits per heavy atom. The van der Waals surface area contributed by atoms with Gasteiger partial charge < -0.3 is 14.8 Å². The summed E-state index contributed by atoms with van der Waals surface area (Å²) in [5, 5.41) is 3.72. The number of nitrogens with one attached hydrogen (secondary N) is 1. The van der Waals surface area contributed by atoms with Crippen LogP contribution in [0.3, 0.4) is 0 Å². The minimum Gasteiger partial charge on any atom is -0.466 e. The van der Waals surface area contributed by atoms with E-state index >= 15 is 0 Å². The Bertz CT molecular complexity index is 553. The van der Waals surface area contributed by atoms with E-state index in [1.807, 2.05) is 0 Å². The minimum absolute atomic E-state index is 0.0296. The monoisotopic (exact) mass is 462 g/mol. The summed E-state index contributed by atoms with van der Waals surface area (Å²) in [4.78, 5) is 17.1. The number of hydrogen-bond donors (Lipinski definition) is 1. The van der Waals surface area contributed by atoms with Gasteiger partial charge in [-0.25, -0.2) is 4.99 Å². The Morgan fingerprint density at radius 2 is 1.24 bits per heavy atom. The van der Waals surface area contributed by atoms with Crippen molar-refractivity contribution in [3.05, 3.63) is 0 Å². The van der Waals surface area contributed by atoms with Crippen molar-refractivity contribution in [2.24, 2.45) is 4.99 Å². The van der Waals surface area contributed by atoms with Crippen LogP contribution >= 0.6 is 0 Å². The predicted molar refractivity (Wildman–Crippen MR) is 136 cm³/mol. The highest BCUT2D eigenvalue weighted by Gasteiger charge is 2.21. The maximum Gasteiger partial charge on any atom is 0.305 e. The lowest BCUT2D eigenvalue weighted by molar-refractivity contribution is -0.144. The van der Waals surface area contributed by atoms with E-state index < -0.39 is 0 Å². The largest absolute Gasteiger partial charge is 0.466 e. The molecule has 0 radical (unpaired) electrons. The molecule has 0 aromatic carbocycles. The zero-order valence-corrected chi connectivity index (χ0v) is 21.2. The van der Waals surface area contributed by atoms with Gasteiger partial charge >= 0.3 is 5.97 Å². The Morgan fingerprint density at radius 1 is 0.697 bits per heavy atom. The molecule has 0 spiro atoms. The molecule has 0 aromatic heterocycles. The highest BCUT2D eigenvalue weighted by molar-refractivity contribution is 5.74. The van der Waals surface area contributed by atoms with Gasteiger partial charge in [-0.15, -0.1) is 0 Å². The van der Waals surface area contributed by atoms with Gasteiger partial charge in [-0.1, -0.05) is 77.0 Å². The fraction of sp³-hybridized carbons (Fsp3) is 0.929. The number of cyclic esters (lactones) is 1. The number of carbonyl (C=O) groups excluding carboxylic acids is 1.